The van der Waals surface area contributed by atoms with E-state index in [4.69, 9.17) is 15.0 Å². The highest BCUT2D eigenvalue weighted by molar-refractivity contribution is 6.20. The minimum atomic E-state index is 0.710. The Balaban J connectivity index is 1.04. The van der Waals surface area contributed by atoms with Crippen LogP contribution >= 0.6 is 0 Å². The Kier molecular flexibility index (Phi) is 8.13. The molecule has 0 atom stereocenters. The summed E-state index contributed by atoms with van der Waals surface area (Å²) in [4.78, 5) is 15.4. The second-order valence-corrected chi connectivity index (χ2v) is 15.6. The van der Waals surface area contributed by atoms with Gasteiger partial charge in [0.05, 0.1) is 33.6 Å². The van der Waals surface area contributed by atoms with Crippen LogP contribution in [-0.4, -0.2) is 19.5 Å². The molecule has 0 saturated carbocycles. The van der Waals surface area contributed by atoms with E-state index in [-0.39, 0.29) is 0 Å². The van der Waals surface area contributed by atoms with Crippen molar-refractivity contribution in [3.05, 3.63) is 218 Å². The zero-order valence-electron chi connectivity index (χ0n) is 33.1. The van der Waals surface area contributed by atoms with Gasteiger partial charge in [-0.25, -0.2) is 15.0 Å². The van der Waals surface area contributed by atoms with Crippen LogP contribution in [0, 0.1) is 0 Å². The number of rotatable bonds is 6. The fourth-order valence-electron chi connectivity index (χ4n) is 8.97. The third kappa shape index (κ3) is 6.04. The van der Waals surface area contributed by atoms with Gasteiger partial charge in [0, 0.05) is 49.5 Å². The summed E-state index contributed by atoms with van der Waals surface area (Å²) in [5, 5.41) is 8.23. The third-order valence-corrected chi connectivity index (χ3v) is 11.9. The summed E-state index contributed by atoms with van der Waals surface area (Å²) in [6.07, 6.45) is 0. The molecule has 12 aromatic rings. The first-order valence-electron chi connectivity index (χ1n) is 20.7. The number of fused-ring (bicyclic) bond motifs is 7. The van der Waals surface area contributed by atoms with Crippen molar-refractivity contribution < 1.29 is 0 Å². The van der Waals surface area contributed by atoms with Gasteiger partial charge in [-0.1, -0.05) is 158 Å². The van der Waals surface area contributed by atoms with Crippen LogP contribution in [0.3, 0.4) is 0 Å². The molecule has 0 spiro atoms. The fraction of sp³-hybridized carbons (Fsp3) is 0. The van der Waals surface area contributed by atoms with Gasteiger partial charge in [0.1, 0.15) is 0 Å². The van der Waals surface area contributed by atoms with E-state index in [1.54, 1.807) is 0 Å². The van der Waals surface area contributed by atoms with Crippen molar-refractivity contribution in [2.24, 2.45) is 0 Å². The summed E-state index contributed by atoms with van der Waals surface area (Å²) >= 11 is 0. The van der Waals surface area contributed by atoms with E-state index in [0.29, 0.717) is 5.82 Å². The molecule has 0 amide bonds. The highest BCUT2D eigenvalue weighted by Crippen LogP contribution is 2.41. The molecule has 0 bridgehead atoms. The van der Waals surface area contributed by atoms with Crippen LogP contribution < -0.4 is 0 Å². The van der Waals surface area contributed by atoms with Gasteiger partial charge < -0.3 is 4.57 Å². The molecule has 4 nitrogen and oxygen atoms in total. The first-order valence-corrected chi connectivity index (χ1v) is 20.7. The fourth-order valence-corrected chi connectivity index (χ4v) is 8.97. The van der Waals surface area contributed by atoms with E-state index in [1.807, 2.05) is 24.3 Å². The molecule has 9 aromatic carbocycles. The lowest BCUT2D eigenvalue weighted by Gasteiger charge is -2.12. The van der Waals surface area contributed by atoms with Crippen LogP contribution in [0.5, 0.6) is 0 Å². The van der Waals surface area contributed by atoms with Crippen molar-refractivity contribution >= 4 is 54.3 Å². The smallest absolute Gasteiger partial charge is 0.160 e. The van der Waals surface area contributed by atoms with Crippen LogP contribution in [0.2, 0.25) is 0 Å². The second kappa shape index (κ2) is 14.3. The normalized spacial score (nSPS) is 11.6. The number of hydrogen-bond acceptors (Lipinski definition) is 3. The highest BCUT2D eigenvalue weighted by Gasteiger charge is 2.19. The Hall–Kier alpha value is -8.21. The van der Waals surface area contributed by atoms with Crippen molar-refractivity contribution in [2.45, 2.75) is 0 Å². The Morgan fingerprint density at radius 2 is 0.869 bits per heavy atom. The van der Waals surface area contributed by atoms with E-state index in [1.165, 1.54) is 21.5 Å². The lowest BCUT2D eigenvalue weighted by molar-refractivity contribution is 1.18. The van der Waals surface area contributed by atoms with E-state index in [2.05, 4.69) is 199 Å². The number of benzene rings is 9. The number of para-hydroxylation sites is 2. The standard InChI is InChI=1S/C57H36N4/c1-5-15-38(16-6-1)52-36-53(60-57(59-52)40-19-9-3-10-20-40)43-28-26-37-25-27-41(31-44(37)32-43)42-29-30-54-48(33-42)49-34-47-46-23-13-14-24-51(46)58-56(39-17-7-2-8-18-39)50(47)35-55(49)61(54)45-21-11-4-12-22-45/h1-36H. The summed E-state index contributed by atoms with van der Waals surface area (Å²) in [5.74, 6) is 0.710. The molecule has 0 aliphatic carbocycles. The molecule has 61 heavy (non-hydrogen) atoms. The SMILES string of the molecule is c1ccc(-c2cc(-c3ccc4ccc(-c5ccc6c(c5)c5cc7c(cc5n6-c5ccccc5)c(-c5ccccc5)nc5ccccc57)cc4c3)nc(-c3ccccc3)n2)cc1. The first-order chi connectivity index (χ1) is 30.2. The van der Waals surface area contributed by atoms with Crippen LogP contribution in [0.1, 0.15) is 0 Å². The monoisotopic (exact) mass is 776 g/mol. The Bertz CT molecular complexity index is 3560. The van der Waals surface area contributed by atoms with Gasteiger partial charge in [0.2, 0.25) is 0 Å². The lowest BCUT2D eigenvalue weighted by Crippen LogP contribution is -1.95. The van der Waals surface area contributed by atoms with E-state index >= 15 is 0 Å². The molecule has 284 valence electrons. The molecular formula is C57H36N4. The van der Waals surface area contributed by atoms with Crippen LogP contribution in [0.4, 0.5) is 0 Å². The van der Waals surface area contributed by atoms with Gasteiger partial charge in [0.25, 0.3) is 0 Å². The summed E-state index contributed by atoms with van der Waals surface area (Å²) in [6, 6.07) is 77.5. The summed E-state index contributed by atoms with van der Waals surface area (Å²) in [6.45, 7) is 0. The van der Waals surface area contributed by atoms with Crippen molar-refractivity contribution in [2.75, 3.05) is 0 Å². The minimum Gasteiger partial charge on any atom is -0.309 e. The Morgan fingerprint density at radius 3 is 1.62 bits per heavy atom. The van der Waals surface area contributed by atoms with Gasteiger partial charge >= 0.3 is 0 Å². The lowest BCUT2D eigenvalue weighted by atomic mass is 9.96. The van der Waals surface area contributed by atoms with Gasteiger partial charge in [-0.15, -0.1) is 0 Å². The molecule has 3 aromatic heterocycles. The number of hydrogen-bond donors (Lipinski definition) is 0. The van der Waals surface area contributed by atoms with Crippen molar-refractivity contribution in [1.29, 1.82) is 0 Å². The number of nitrogens with zero attached hydrogens (tertiary/aromatic N) is 4. The van der Waals surface area contributed by atoms with Crippen LogP contribution in [0.15, 0.2) is 218 Å². The maximum Gasteiger partial charge on any atom is 0.160 e. The topological polar surface area (TPSA) is 43.6 Å². The Labute approximate surface area is 352 Å². The largest absolute Gasteiger partial charge is 0.309 e. The predicted molar refractivity (Wildman–Crippen MR) is 254 cm³/mol. The average molecular weight is 777 g/mol. The summed E-state index contributed by atoms with van der Waals surface area (Å²) in [5.41, 5.74) is 13.7. The molecule has 0 fully saturated rings. The summed E-state index contributed by atoms with van der Waals surface area (Å²) in [7, 11) is 0. The minimum absolute atomic E-state index is 0.710. The first kappa shape index (κ1) is 34.8. The van der Waals surface area contributed by atoms with Gasteiger partial charge in [-0.05, 0) is 87.9 Å². The van der Waals surface area contributed by atoms with E-state index in [0.717, 1.165) is 88.9 Å². The zero-order valence-corrected chi connectivity index (χ0v) is 33.1. The molecule has 3 heterocycles. The molecule has 0 N–H and O–H groups in total. The van der Waals surface area contributed by atoms with Gasteiger partial charge in [-0.3, -0.25) is 0 Å². The van der Waals surface area contributed by atoms with Gasteiger partial charge in [0.15, 0.2) is 5.82 Å². The number of pyridine rings is 1. The quantitative estimate of drug-likeness (QED) is 0.158. The molecule has 0 aliphatic heterocycles. The molecule has 0 unspecified atom stereocenters. The Morgan fingerprint density at radius 1 is 0.295 bits per heavy atom. The van der Waals surface area contributed by atoms with Crippen molar-refractivity contribution in [3.8, 4) is 62.0 Å². The van der Waals surface area contributed by atoms with Crippen LogP contribution in [0.25, 0.3) is 116 Å². The van der Waals surface area contributed by atoms with Crippen molar-refractivity contribution in [1.82, 2.24) is 19.5 Å². The maximum absolute atomic E-state index is 5.26. The maximum atomic E-state index is 5.26. The predicted octanol–water partition coefficient (Wildman–Crippen LogP) is 14.8. The summed E-state index contributed by atoms with van der Waals surface area (Å²) < 4.78 is 2.40. The second-order valence-electron chi connectivity index (χ2n) is 15.6. The average Bonchev–Trinajstić information content (AvgIpc) is 3.66. The molecule has 0 aliphatic rings. The van der Waals surface area contributed by atoms with Crippen LogP contribution in [-0.2, 0) is 0 Å². The van der Waals surface area contributed by atoms with E-state index < -0.39 is 0 Å². The molecule has 0 saturated heterocycles. The molecule has 0 radical (unpaired) electrons. The molecule has 4 heteroatoms. The van der Waals surface area contributed by atoms with Crippen molar-refractivity contribution in [3.63, 3.8) is 0 Å². The molecular weight excluding hydrogens is 741 g/mol. The zero-order chi connectivity index (χ0) is 40.3. The number of aromatic nitrogens is 4. The third-order valence-electron chi connectivity index (χ3n) is 11.9. The van der Waals surface area contributed by atoms with Gasteiger partial charge in [-0.2, -0.15) is 0 Å². The molecule has 12 rings (SSSR count). The highest BCUT2D eigenvalue weighted by atomic mass is 15.0. The van der Waals surface area contributed by atoms with E-state index in [9.17, 15) is 0 Å².